The Bertz CT molecular complexity index is 977. The number of rotatable bonds is 7. The molecule has 0 spiro atoms. The van der Waals surface area contributed by atoms with Gasteiger partial charge in [-0.2, -0.15) is 0 Å². The molecule has 1 fully saturated rings. The fourth-order valence-electron chi connectivity index (χ4n) is 2.74. The van der Waals surface area contributed by atoms with Crippen molar-refractivity contribution in [3.8, 4) is 5.75 Å². The van der Waals surface area contributed by atoms with Crippen LogP contribution in [0.25, 0.3) is 6.08 Å². The van der Waals surface area contributed by atoms with Gasteiger partial charge in [-0.3, -0.25) is 19.3 Å². The molecular formula is C21H19FN2O4S. The lowest BCUT2D eigenvalue weighted by molar-refractivity contribution is -0.122. The summed E-state index contributed by atoms with van der Waals surface area (Å²) in [5.74, 6) is -0.874. The van der Waals surface area contributed by atoms with Crippen molar-refractivity contribution in [3.05, 3.63) is 70.4 Å². The summed E-state index contributed by atoms with van der Waals surface area (Å²) in [6, 6.07) is 12.8. The Labute approximate surface area is 171 Å². The summed E-state index contributed by atoms with van der Waals surface area (Å²) >= 11 is 0.749. The molecule has 0 atom stereocenters. The second-order valence-corrected chi connectivity index (χ2v) is 7.03. The van der Waals surface area contributed by atoms with Gasteiger partial charge in [0.2, 0.25) is 0 Å². The van der Waals surface area contributed by atoms with Crippen molar-refractivity contribution in [2.24, 2.45) is 0 Å². The van der Waals surface area contributed by atoms with E-state index in [2.05, 4.69) is 5.32 Å². The number of imide groups is 1. The summed E-state index contributed by atoms with van der Waals surface area (Å²) in [6.07, 6.45) is 1.36. The van der Waals surface area contributed by atoms with Crippen molar-refractivity contribution in [1.82, 2.24) is 10.2 Å². The zero-order valence-electron chi connectivity index (χ0n) is 15.7. The van der Waals surface area contributed by atoms with Crippen molar-refractivity contribution in [2.75, 3.05) is 19.7 Å². The third kappa shape index (κ3) is 4.83. The van der Waals surface area contributed by atoms with Crippen LogP contribution in [-0.2, 0) is 4.79 Å². The Morgan fingerprint density at radius 1 is 1.17 bits per heavy atom. The zero-order valence-corrected chi connectivity index (χ0v) is 16.5. The van der Waals surface area contributed by atoms with Crippen LogP contribution in [0, 0.1) is 5.82 Å². The summed E-state index contributed by atoms with van der Waals surface area (Å²) in [7, 11) is 0. The first kappa shape index (κ1) is 20.6. The molecule has 0 aromatic heterocycles. The number of nitrogens with zero attached hydrogens (tertiary/aromatic N) is 1. The predicted molar refractivity (Wildman–Crippen MR) is 109 cm³/mol. The van der Waals surface area contributed by atoms with Gasteiger partial charge in [0.1, 0.15) is 11.6 Å². The molecule has 1 aliphatic rings. The molecule has 0 saturated carbocycles. The standard InChI is InChI=1S/C21H19FN2O4S/c1-2-28-17-10-6-4-8-15(17)19(25)23-11-12-24-20(26)18(29-21(24)27)13-14-7-3-5-9-16(14)22/h3-10,13H,2,11-12H2,1H3,(H,23,25)/b18-13-. The van der Waals surface area contributed by atoms with Crippen molar-refractivity contribution >= 4 is 34.9 Å². The third-order valence-electron chi connectivity index (χ3n) is 4.12. The SMILES string of the molecule is CCOc1ccccc1C(=O)NCCN1C(=O)S/C(=C\c2ccccc2F)C1=O. The average Bonchev–Trinajstić information content (AvgIpc) is 2.97. The van der Waals surface area contributed by atoms with Crippen LogP contribution in [0.3, 0.4) is 0 Å². The molecule has 0 radical (unpaired) electrons. The average molecular weight is 414 g/mol. The minimum atomic E-state index is -0.507. The van der Waals surface area contributed by atoms with E-state index < -0.39 is 17.0 Å². The largest absolute Gasteiger partial charge is 0.493 e. The molecular weight excluding hydrogens is 395 g/mol. The van der Waals surface area contributed by atoms with Crippen LogP contribution in [0.4, 0.5) is 9.18 Å². The Kier molecular flexibility index (Phi) is 6.66. The van der Waals surface area contributed by atoms with Crippen LogP contribution >= 0.6 is 11.8 Å². The number of nitrogens with one attached hydrogen (secondary N) is 1. The molecule has 0 bridgehead atoms. The van der Waals surface area contributed by atoms with Crippen LogP contribution in [0.2, 0.25) is 0 Å². The molecule has 2 aromatic rings. The molecule has 29 heavy (non-hydrogen) atoms. The molecule has 0 unspecified atom stereocenters. The van der Waals surface area contributed by atoms with E-state index >= 15 is 0 Å². The number of hydrogen-bond acceptors (Lipinski definition) is 5. The lowest BCUT2D eigenvalue weighted by atomic mass is 10.2. The van der Waals surface area contributed by atoms with Gasteiger partial charge in [0.05, 0.1) is 17.1 Å². The van der Waals surface area contributed by atoms with Gasteiger partial charge in [-0.05, 0) is 43.0 Å². The summed E-state index contributed by atoms with van der Waals surface area (Å²) in [6.45, 7) is 2.35. The van der Waals surface area contributed by atoms with Crippen LogP contribution in [-0.4, -0.2) is 41.6 Å². The third-order valence-corrected chi connectivity index (χ3v) is 5.03. The number of carbonyl (C=O) groups is 3. The number of para-hydroxylation sites is 1. The number of thioether (sulfide) groups is 1. The van der Waals surface area contributed by atoms with Crippen molar-refractivity contribution < 1.29 is 23.5 Å². The molecule has 2 aromatic carbocycles. The second kappa shape index (κ2) is 9.38. The Balaban J connectivity index is 1.61. The first-order valence-corrected chi connectivity index (χ1v) is 9.83. The van der Waals surface area contributed by atoms with Crippen LogP contribution in [0.5, 0.6) is 5.75 Å². The van der Waals surface area contributed by atoms with Gasteiger partial charge in [0.25, 0.3) is 17.1 Å². The highest BCUT2D eigenvalue weighted by atomic mass is 32.2. The highest BCUT2D eigenvalue weighted by Gasteiger charge is 2.34. The monoisotopic (exact) mass is 414 g/mol. The molecule has 150 valence electrons. The zero-order chi connectivity index (χ0) is 20.8. The van der Waals surface area contributed by atoms with Gasteiger partial charge in [0, 0.05) is 18.7 Å². The minimum absolute atomic E-state index is 0.0157. The van der Waals surface area contributed by atoms with E-state index in [1.807, 2.05) is 6.92 Å². The van der Waals surface area contributed by atoms with E-state index in [-0.39, 0.29) is 29.5 Å². The first-order valence-electron chi connectivity index (χ1n) is 9.01. The Morgan fingerprint density at radius 2 is 1.90 bits per heavy atom. The highest BCUT2D eigenvalue weighted by Crippen LogP contribution is 2.32. The summed E-state index contributed by atoms with van der Waals surface area (Å²) < 4.78 is 19.2. The van der Waals surface area contributed by atoms with Crippen LogP contribution in [0.15, 0.2) is 53.4 Å². The molecule has 1 aliphatic heterocycles. The van der Waals surface area contributed by atoms with Gasteiger partial charge in [-0.25, -0.2) is 4.39 Å². The number of ether oxygens (including phenoxy) is 1. The first-order chi connectivity index (χ1) is 14.0. The molecule has 8 heteroatoms. The van der Waals surface area contributed by atoms with Crippen molar-refractivity contribution in [3.63, 3.8) is 0 Å². The van der Waals surface area contributed by atoms with E-state index in [4.69, 9.17) is 4.74 Å². The van der Waals surface area contributed by atoms with Crippen molar-refractivity contribution in [2.45, 2.75) is 6.92 Å². The summed E-state index contributed by atoms with van der Waals surface area (Å²) in [5, 5.41) is 2.23. The molecule has 3 amide bonds. The fourth-order valence-corrected chi connectivity index (χ4v) is 3.59. The normalized spacial score (nSPS) is 15.1. The van der Waals surface area contributed by atoms with Gasteiger partial charge >= 0.3 is 0 Å². The minimum Gasteiger partial charge on any atom is -0.493 e. The summed E-state index contributed by atoms with van der Waals surface area (Å²) in [4.78, 5) is 38.2. The number of carbonyl (C=O) groups excluding carboxylic acids is 3. The molecule has 1 N–H and O–H groups in total. The van der Waals surface area contributed by atoms with Crippen molar-refractivity contribution in [1.29, 1.82) is 0 Å². The highest BCUT2D eigenvalue weighted by molar-refractivity contribution is 8.18. The summed E-state index contributed by atoms with van der Waals surface area (Å²) in [5.41, 5.74) is 0.613. The van der Waals surface area contributed by atoms with E-state index in [0.717, 1.165) is 16.7 Å². The Hall–Kier alpha value is -3.13. The number of amides is 3. The number of benzene rings is 2. The maximum absolute atomic E-state index is 13.8. The topological polar surface area (TPSA) is 75.7 Å². The van der Waals surface area contributed by atoms with Crippen LogP contribution in [0.1, 0.15) is 22.8 Å². The number of halogens is 1. The maximum Gasteiger partial charge on any atom is 0.293 e. The van der Waals surface area contributed by atoms with E-state index in [1.165, 1.54) is 18.2 Å². The molecule has 1 saturated heterocycles. The number of hydrogen-bond donors (Lipinski definition) is 1. The lowest BCUT2D eigenvalue weighted by Gasteiger charge is -2.14. The predicted octanol–water partition coefficient (Wildman–Crippen LogP) is 3.69. The fraction of sp³-hybridized carbons (Fsp3) is 0.190. The van der Waals surface area contributed by atoms with E-state index in [0.29, 0.717) is 17.9 Å². The maximum atomic E-state index is 13.8. The van der Waals surface area contributed by atoms with E-state index in [1.54, 1.807) is 36.4 Å². The van der Waals surface area contributed by atoms with Gasteiger partial charge in [0.15, 0.2) is 0 Å². The molecule has 1 heterocycles. The molecule has 0 aliphatic carbocycles. The van der Waals surface area contributed by atoms with Gasteiger partial charge < -0.3 is 10.1 Å². The van der Waals surface area contributed by atoms with Gasteiger partial charge in [-0.15, -0.1) is 0 Å². The molecule has 6 nitrogen and oxygen atoms in total. The van der Waals surface area contributed by atoms with E-state index in [9.17, 15) is 18.8 Å². The quantitative estimate of drug-likeness (QED) is 0.700. The Morgan fingerprint density at radius 3 is 2.66 bits per heavy atom. The van der Waals surface area contributed by atoms with Gasteiger partial charge in [-0.1, -0.05) is 30.3 Å². The second-order valence-electron chi connectivity index (χ2n) is 6.04. The van der Waals surface area contributed by atoms with Crippen LogP contribution < -0.4 is 10.1 Å². The lowest BCUT2D eigenvalue weighted by Crippen LogP contribution is -2.37. The molecule has 3 rings (SSSR count). The smallest absolute Gasteiger partial charge is 0.293 e.